The molecule has 2 amide bonds. The van der Waals surface area contributed by atoms with Crippen molar-refractivity contribution in [1.29, 1.82) is 0 Å². The van der Waals surface area contributed by atoms with Crippen LogP contribution in [0, 0.1) is 0 Å². The maximum atomic E-state index is 12.4. The molecule has 2 aliphatic heterocycles. The Labute approximate surface area is 171 Å². The van der Waals surface area contributed by atoms with E-state index in [1.807, 2.05) is 6.07 Å². The predicted octanol–water partition coefficient (Wildman–Crippen LogP) is 2.71. The fourth-order valence-corrected chi connectivity index (χ4v) is 3.92. The average molecular weight is 413 g/mol. The van der Waals surface area contributed by atoms with E-state index in [0.717, 1.165) is 0 Å². The molecule has 2 aromatic carbocycles. The molecule has 1 unspecified atom stereocenters. The van der Waals surface area contributed by atoms with Crippen molar-refractivity contribution in [2.45, 2.75) is 11.7 Å². The van der Waals surface area contributed by atoms with Crippen LogP contribution in [0.15, 0.2) is 47.5 Å². The summed E-state index contributed by atoms with van der Waals surface area (Å²) in [6, 6.07) is 12.4. The van der Waals surface area contributed by atoms with Crippen molar-refractivity contribution in [3.63, 3.8) is 0 Å². The number of rotatable bonds is 5. The Hall–Kier alpha value is -3.20. The summed E-state index contributed by atoms with van der Waals surface area (Å²) in [6.07, 6.45) is 0.0225. The van der Waals surface area contributed by atoms with E-state index in [1.165, 1.54) is 18.9 Å². The SMILES string of the molecule is COc1ccccc1NC(=O)CC1SC(=Nc2ccc3c(c2)OCCO3)NC1=O. The Bertz CT molecular complexity index is 978. The number of hydrogen-bond acceptors (Lipinski definition) is 7. The van der Waals surface area contributed by atoms with E-state index in [4.69, 9.17) is 14.2 Å². The molecule has 0 saturated carbocycles. The van der Waals surface area contributed by atoms with Gasteiger partial charge in [0.15, 0.2) is 16.7 Å². The number of carbonyl (C=O) groups is 2. The zero-order valence-corrected chi connectivity index (χ0v) is 16.5. The first-order valence-corrected chi connectivity index (χ1v) is 9.89. The van der Waals surface area contributed by atoms with Crippen LogP contribution in [0.2, 0.25) is 0 Å². The maximum Gasteiger partial charge on any atom is 0.240 e. The third kappa shape index (κ3) is 4.45. The first-order valence-electron chi connectivity index (χ1n) is 9.01. The van der Waals surface area contributed by atoms with Gasteiger partial charge in [-0.1, -0.05) is 23.9 Å². The number of ether oxygens (including phenoxy) is 3. The number of methoxy groups -OCH3 is 1. The number of anilines is 1. The van der Waals surface area contributed by atoms with Gasteiger partial charge in [0, 0.05) is 12.5 Å². The van der Waals surface area contributed by atoms with E-state index >= 15 is 0 Å². The highest BCUT2D eigenvalue weighted by molar-refractivity contribution is 8.15. The van der Waals surface area contributed by atoms with E-state index in [2.05, 4.69) is 15.6 Å². The number of nitrogens with one attached hydrogen (secondary N) is 2. The highest BCUT2D eigenvalue weighted by atomic mass is 32.2. The standard InChI is InChI=1S/C20H19N3O5S/c1-26-14-5-3-2-4-13(14)22-18(24)11-17-19(25)23-20(29-17)21-12-6-7-15-16(10-12)28-9-8-27-15/h2-7,10,17H,8-9,11H2,1H3,(H,22,24)(H,21,23,25). The molecule has 2 N–H and O–H groups in total. The van der Waals surface area contributed by atoms with Gasteiger partial charge in [-0.15, -0.1) is 0 Å². The molecule has 0 aliphatic carbocycles. The zero-order valence-electron chi connectivity index (χ0n) is 15.6. The molecule has 29 heavy (non-hydrogen) atoms. The molecule has 0 aromatic heterocycles. The molecule has 1 fully saturated rings. The second kappa shape index (κ2) is 8.44. The number of hydrogen-bond donors (Lipinski definition) is 2. The van der Waals surface area contributed by atoms with Crippen molar-refractivity contribution in [2.24, 2.45) is 4.99 Å². The molecule has 150 valence electrons. The minimum Gasteiger partial charge on any atom is -0.495 e. The first kappa shape index (κ1) is 19.1. The third-order valence-corrected chi connectivity index (χ3v) is 5.37. The van der Waals surface area contributed by atoms with Gasteiger partial charge in [0.2, 0.25) is 11.8 Å². The lowest BCUT2D eigenvalue weighted by Gasteiger charge is -2.18. The van der Waals surface area contributed by atoms with Gasteiger partial charge < -0.3 is 24.8 Å². The number of para-hydroxylation sites is 2. The van der Waals surface area contributed by atoms with Gasteiger partial charge in [-0.25, -0.2) is 4.99 Å². The Morgan fingerprint density at radius 3 is 2.86 bits per heavy atom. The largest absolute Gasteiger partial charge is 0.495 e. The normalized spacial score (nSPS) is 19.0. The molecule has 9 heteroatoms. The topological polar surface area (TPSA) is 98.2 Å². The van der Waals surface area contributed by atoms with Gasteiger partial charge >= 0.3 is 0 Å². The minimum atomic E-state index is -0.555. The van der Waals surface area contributed by atoms with Crippen LogP contribution in [0.5, 0.6) is 17.2 Å². The molecule has 4 rings (SSSR count). The molecular weight excluding hydrogens is 394 g/mol. The summed E-state index contributed by atoms with van der Waals surface area (Å²) in [7, 11) is 1.53. The first-order chi connectivity index (χ1) is 14.1. The fraction of sp³-hybridized carbons (Fsp3) is 0.250. The summed E-state index contributed by atoms with van der Waals surface area (Å²) >= 11 is 1.23. The molecule has 0 bridgehead atoms. The van der Waals surface area contributed by atoms with E-state index < -0.39 is 5.25 Å². The summed E-state index contributed by atoms with van der Waals surface area (Å²) in [5, 5.41) is 5.39. The number of nitrogens with zero attached hydrogens (tertiary/aromatic N) is 1. The number of amidine groups is 1. The fourth-order valence-electron chi connectivity index (χ4n) is 2.93. The molecule has 1 atom stereocenters. The van der Waals surface area contributed by atoms with Crippen LogP contribution in [0.3, 0.4) is 0 Å². The number of carbonyl (C=O) groups excluding carboxylic acids is 2. The van der Waals surface area contributed by atoms with Gasteiger partial charge in [-0.2, -0.15) is 0 Å². The van der Waals surface area contributed by atoms with Gasteiger partial charge in [-0.3, -0.25) is 9.59 Å². The van der Waals surface area contributed by atoms with Crippen LogP contribution in [0.4, 0.5) is 11.4 Å². The van der Waals surface area contributed by atoms with Crippen LogP contribution in [0.25, 0.3) is 0 Å². The smallest absolute Gasteiger partial charge is 0.240 e. The second-order valence-electron chi connectivity index (χ2n) is 6.29. The summed E-state index contributed by atoms with van der Waals surface area (Å²) in [6.45, 7) is 1.01. The summed E-state index contributed by atoms with van der Waals surface area (Å²) < 4.78 is 16.3. The lowest BCUT2D eigenvalue weighted by Crippen LogP contribution is -2.28. The number of amides is 2. The maximum absolute atomic E-state index is 12.4. The van der Waals surface area contributed by atoms with Crippen molar-refractivity contribution >= 4 is 40.1 Å². The molecule has 8 nitrogen and oxygen atoms in total. The van der Waals surface area contributed by atoms with E-state index in [0.29, 0.717) is 47.0 Å². The number of benzene rings is 2. The van der Waals surface area contributed by atoms with Crippen molar-refractivity contribution in [1.82, 2.24) is 5.32 Å². The number of aliphatic imine (C=N–C) groups is 1. The predicted molar refractivity (Wildman–Crippen MR) is 110 cm³/mol. The van der Waals surface area contributed by atoms with Crippen molar-refractivity contribution in [2.75, 3.05) is 25.6 Å². The van der Waals surface area contributed by atoms with Gasteiger partial charge in [0.25, 0.3) is 0 Å². The zero-order chi connectivity index (χ0) is 20.2. The van der Waals surface area contributed by atoms with Crippen molar-refractivity contribution in [3.05, 3.63) is 42.5 Å². The summed E-state index contributed by atoms with van der Waals surface area (Å²) in [5.74, 6) is 1.34. The van der Waals surface area contributed by atoms with Crippen LogP contribution in [0.1, 0.15) is 6.42 Å². The van der Waals surface area contributed by atoms with Gasteiger partial charge in [-0.05, 0) is 24.3 Å². The molecule has 0 radical (unpaired) electrons. The number of fused-ring (bicyclic) bond motifs is 1. The number of thioether (sulfide) groups is 1. The quantitative estimate of drug-likeness (QED) is 0.782. The molecule has 2 aromatic rings. The highest BCUT2D eigenvalue weighted by Gasteiger charge is 2.32. The van der Waals surface area contributed by atoms with Gasteiger partial charge in [0.1, 0.15) is 24.2 Å². The van der Waals surface area contributed by atoms with Gasteiger partial charge in [0.05, 0.1) is 18.5 Å². The second-order valence-corrected chi connectivity index (χ2v) is 7.48. The molecular formula is C20H19N3O5S. The van der Waals surface area contributed by atoms with E-state index in [-0.39, 0.29) is 18.2 Å². The van der Waals surface area contributed by atoms with Crippen LogP contribution in [-0.2, 0) is 9.59 Å². The molecule has 0 spiro atoms. The summed E-state index contributed by atoms with van der Waals surface area (Å²) in [4.78, 5) is 29.1. The molecule has 2 aliphatic rings. The Morgan fingerprint density at radius 1 is 1.24 bits per heavy atom. The monoisotopic (exact) mass is 413 g/mol. The Kier molecular flexibility index (Phi) is 5.57. The Balaban J connectivity index is 1.40. The Morgan fingerprint density at radius 2 is 2.03 bits per heavy atom. The van der Waals surface area contributed by atoms with Crippen molar-refractivity contribution in [3.8, 4) is 17.2 Å². The van der Waals surface area contributed by atoms with E-state index in [9.17, 15) is 9.59 Å². The van der Waals surface area contributed by atoms with Crippen LogP contribution >= 0.6 is 11.8 Å². The lowest BCUT2D eigenvalue weighted by molar-refractivity contribution is -0.122. The highest BCUT2D eigenvalue weighted by Crippen LogP contribution is 2.35. The average Bonchev–Trinajstić information content (AvgIpc) is 3.06. The molecule has 1 saturated heterocycles. The minimum absolute atomic E-state index is 0.0225. The van der Waals surface area contributed by atoms with Crippen LogP contribution < -0.4 is 24.8 Å². The lowest BCUT2D eigenvalue weighted by atomic mass is 10.2. The van der Waals surface area contributed by atoms with Crippen molar-refractivity contribution < 1.29 is 23.8 Å². The molecule has 2 heterocycles. The van der Waals surface area contributed by atoms with Crippen LogP contribution in [-0.4, -0.2) is 42.6 Å². The summed E-state index contributed by atoms with van der Waals surface area (Å²) in [5.41, 5.74) is 1.20. The van der Waals surface area contributed by atoms with E-state index in [1.54, 1.807) is 36.4 Å². The third-order valence-electron chi connectivity index (χ3n) is 4.28.